The third-order valence-corrected chi connectivity index (χ3v) is 5.83. The van der Waals surface area contributed by atoms with E-state index < -0.39 is 5.97 Å². The fourth-order valence-electron chi connectivity index (χ4n) is 3.10. The van der Waals surface area contributed by atoms with Gasteiger partial charge in [-0.25, -0.2) is 4.79 Å². The van der Waals surface area contributed by atoms with Crippen LogP contribution in [0, 0.1) is 5.92 Å². The number of carbonyl (C=O) groups excluding carboxylic acids is 2. The smallest absolute Gasteiger partial charge is 0.341 e. The van der Waals surface area contributed by atoms with Crippen molar-refractivity contribution in [3.63, 3.8) is 0 Å². The molecular formula is C21H25NO4S. The number of fused-ring (bicyclic) bond motifs is 1. The first-order valence-corrected chi connectivity index (χ1v) is 10.1. The second-order valence-corrected chi connectivity index (χ2v) is 8.17. The molecule has 1 aromatic carbocycles. The van der Waals surface area contributed by atoms with Crippen molar-refractivity contribution in [2.45, 2.75) is 39.5 Å². The van der Waals surface area contributed by atoms with Gasteiger partial charge in [-0.3, -0.25) is 4.79 Å². The molecule has 2 aromatic rings. The molecule has 1 aromatic heterocycles. The fourth-order valence-corrected chi connectivity index (χ4v) is 4.37. The Balaban J connectivity index is 1.70. The number of hydrogen-bond donors (Lipinski definition) is 1. The van der Waals surface area contributed by atoms with E-state index in [1.807, 2.05) is 0 Å². The molecule has 0 fully saturated rings. The molecule has 1 aliphatic rings. The number of ether oxygens (including phenoxy) is 2. The van der Waals surface area contributed by atoms with Gasteiger partial charge in [-0.05, 0) is 61.4 Å². The first-order chi connectivity index (χ1) is 13.0. The van der Waals surface area contributed by atoms with E-state index in [0.717, 1.165) is 37.0 Å². The van der Waals surface area contributed by atoms with Gasteiger partial charge in [0.1, 0.15) is 10.8 Å². The van der Waals surface area contributed by atoms with E-state index in [2.05, 4.69) is 19.2 Å². The van der Waals surface area contributed by atoms with Gasteiger partial charge in [0.2, 0.25) is 0 Å². The first kappa shape index (κ1) is 19.4. The number of esters is 1. The van der Waals surface area contributed by atoms with E-state index in [9.17, 15) is 9.59 Å². The molecule has 27 heavy (non-hydrogen) atoms. The van der Waals surface area contributed by atoms with Crippen molar-refractivity contribution in [3.05, 3.63) is 45.8 Å². The number of benzene rings is 1. The maximum Gasteiger partial charge on any atom is 0.341 e. The molecule has 0 atom stereocenters. The zero-order valence-electron chi connectivity index (χ0n) is 16.0. The highest BCUT2D eigenvalue weighted by Crippen LogP contribution is 2.39. The van der Waals surface area contributed by atoms with Gasteiger partial charge in [0.15, 0.2) is 0 Å². The molecule has 0 aliphatic heterocycles. The van der Waals surface area contributed by atoms with Gasteiger partial charge >= 0.3 is 5.97 Å². The van der Waals surface area contributed by atoms with Gasteiger partial charge in [0, 0.05) is 10.4 Å². The summed E-state index contributed by atoms with van der Waals surface area (Å²) >= 11 is 1.47. The zero-order valence-corrected chi connectivity index (χ0v) is 16.8. The largest absolute Gasteiger partial charge is 0.494 e. The number of carbonyl (C=O) groups is 2. The van der Waals surface area contributed by atoms with Crippen molar-refractivity contribution in [2.75, 3.05) is 19.0 Å². The molecule has 3 rings (SSSR count). The predicted octanol–water partition coefficient (Wildman–Crippen LogP) is 4.70. The molecule has 0 radical (unpaired) electrons. The van der Waals surface area contributed by atoms with Gasteiger partial charge in [-0.2, -0.15) is 0 Å². The highest BCUT2D eigenvalue weighted by Gasteiger charge is 2.28. The third-order valence-electron chi connectivity index (χ3n) is 4.62. The van der Waals surface area contributed by atoms with E-state index in [4.69, 9.17) is 9.47 Å². The number of anilines is 1. The number of rotatable bonds is 7. The number of methoxy groups -OCH3 is 1. The Morgan fingerprint density at radius 3 is 2.59 bits per heavy atom. The summed E-state index contributed by atoms with van der Waals surface area (Å²) in [6, 6.07) is 7.06. The molecule has 1 amide bonds. The average Bonchev–Trinajstić information content (AvgIpc) is 3.22. The number of hydrogen-bond acceptors (Lipinski definition) is 5. The topological polar surface area (TPSA) is 64.6 Å². The van der Waals surface area contributed by atoms with E-state index in [-0.39, 0.29) is 5.91 Å². The van der Waals surface area contributed by atoms with Crippen LogP contribution in [0.5, 0.6) is 5.75 Å². The van der Waals surface area contributed by atoms with Crippen molar-refractivity contribution >= 4 is 28.2 Å². The van der Waals surface area contributed by atoms with Crippen LogP contribution in [0.1, 0.15) is 57.8 Å². The molecule has 5 nitrogen and oxygen atoms in total. The quantitative estimate of drug-likeness (QED) is 0.700. The van der Waals surface area contributed by atoms with Crippen LogP contribution in [0.2, 0.25) is 0 Å². The van der Waals surface area contributed by atoms with Crippen LogP contribution in [-0.2, 0) is 17.6 Å². The molecule has 1 aliphatic carbocycles. The maximum atomic E-state index is 12.6. The van der Waals surface area contributed by atoms with Crippen LogP contribution in [0.3, 0.4) is 0 Å². The van der Waals surface area contributed by atoms with E-state index >= 15 is 0 Å². The van der Waals surface area contributed by atoms with Gasteiger partial charge in [0.25, 0.3) is 5.91 Å². The predicted molar refractivity (Wildman–Crippen MR) is 107 cm³/mol. The standard InChI is InChI=1S/C21H25NO4S/c1-13(2)11-12-26-15-9-7-14(8-10-15)19(23)22-20-18(21(24)25-3)16-5-4-6-17(16)27-20/h7-10,13H,4-6,11-12H2,1-3H3,(H,22,23). The van der Waals surface area contributed by atoms with Crippen molar-refractivity contribution in [1.29, 1.82) is 0 Å². The molecular weight excluding hydrogens is 362 g/mol. The summed E-state index contributed by atoms with van der Waals surface area (Å²) in [5.74, 6) is 0.705. The zero-order chi connectivity index (χ0) is 19.4. The lowest BCUT2D eigenvalue weighted by atomic mass is 10.1. The van der Waals surface area contributed by atoms with Crippen LogP contribution < -0.4 is 10.1 Å². The third kappa shape index (κ3) is 4.50. The van der Waals surface area contributed by atoms with Crippen molar-refractivity contribution < 1.29 is 19.1 Å². The molecule has 6 heteroatoms. The molecule has 1 N–H and O–H groups in total. The Morgan fingerprint density at radius 2 is 1.93 bits per heavy atom. The summed E-state index contributed by atoms with van der Waals surface area (Å²) in [6.45, 7) is 4.96. The molecule has 0 bridgehead atoms. The lowest BCUT2D eigenvalue weighted by molar-refractivity contribution is 0.0601. The molecule has 0 unspecified atom stereocenters. The fraction of sp³-hybridized carbons (Fsp3) is 0.429. The number of aryl methyl sites for hydroxylation is 1. The Labute approximate surface area is 163 Å². The monoisotopic (exact) mass is 387 g/mol. The van der Waals surface area contributed by atoms with Gasteiger partial charge in [-0.15, -0.1) is 11.3 Å². The lowest BCUT2D eigenvalue weighted by Gasteiger charge is -2.09. The molecule has 0 saturated heterocycles. The average molecular weight is 388 g/mol. The summed E-state index contributed by atoms with van der Waals surface area (Å²) in [5, 5.41) is 3.46. The van der Waals surface area contributed by atoms with Crippen LogP contribution in [0.25, 0.3) is 0 Å². The van der Waals surface area contributed by atoms with Gasteiger partial charge < -0.3 is 14.8 Å². The minimum atomic E-state index is -0.390. The SMILES string of the molecule is COC(=O)c1c(NC(=O)c2ccc(OCCC(C)C)cc2)sc2c1CCC2. The Hall–Kier alpha value is -2.34. The summed E-state index contributed by atoms with van der Waals surface area (Å²) < 4.78 is 10.6. The summed E-state index contributed by atoms with van der Waals surface area (Å²) in [6.07, 6.45) is 3.83. The van der Waals surface area contributed by atoms with Crippen LogP contribution >= 0.6 is 11.3 Å². The molecule has 0 spiro atoms. The number of thiophene rings is 1. The molecule has 0 saturated carbocycles. The Morgan fingerprint density at radius 1 is 1.19 bits per heavy atom. The maximum absolute atomic E-state index is 12.6. The first-order valence-electron chi connectivity index (χ1n) is 9.26. The number of amides is 1. The van der Waals surface area contributed by atoms with Crippen molar-refractivity contribution in [1.82, 2.24) is 0 Å². The highest BCUT2D eigenvalue weighted by atomic mass is 32.1. The Kier molecular flexibility index (Phi) is 6.16. The molecule has 1 heterocycles. The highest BCUT2D eigenvalue weighted by molar-refractivity contribution is 7.17. The van der Waals surface area contributed by atoms with E-state index in [0.29, 0.717) is 28.7 Å². The van der Waals surface area contributed by atoms with E-state index in [1.54, 1.807) is 24.3 Å². The van der Waals surface area contributed by atoms with Crippen molar-refractivity contribution in [3.8, 4) is 5.75 Å². The lowest BCUT2D eigenvalue weighted by Crippen LogP contribution is -2.14. The minimum Gasteiger partial charge on any atom is -0.494 e. The molecule has 144 valence electrons. The van der Waals surface area contributed by atoms with Crippen LogP contribution in [0.4, 0.5) is 5.00 Å². The summed E-state index contributed by atoms with van der Waals surface area (Å²) in [5.41, 5.74) is 2.06. The van der Waals surface area contributed by atoms with Crippen molar-refractivity contribution in [2.24, 2.45) is 5.92 Å². The second-order valence-electron chi connectivity index (χ2n) is 7.06. The normalized spacial score (nSPS) is 12.7. The van der Waals surface area contributed by atoms with Gasteiger partial charge in [-0.1, -0.05) is 13.8 Å². The van der Waals surface area contributed by atoms with E-state index in [1.165, 1.54) is 23.3 Å². The van der Waals surface area contributed by atoms with Crippen LogP contribution in [0.15, 0.2) is 24.3 Å². The van der Waals surface area contributed by atoms with Gasteiger partial charge in [0.05, 0.1) is 19.3 Å². The van der Waals surface area contributed by atoms with Crippen LogP contribution in [-0.4, -0.2) is 25.6 Å². The minimum absolute atomic E-state index is 0.242. The number of nitrogens with one attached hydrogen (secondary N) is 1. The summed E-state index contributed by atoms with van der Waals surface area (Å²) in [4.78, 5) is 26.0. The second kappa shape index (κ2) is 8.57. The Bertz CT molecular complexity index is 823. The summed E-state index contributed by atoms with van der Waals surface area (Å²) in [7, 11) is 1.37.